The van der Waals surface area contributed by atoms with Gasteiger partial charge in [-0.1, -0.05) is 6.07 Å². The van der Waals surface area contributed by atoms with Crippen LogP contribution in [-0.4, -0.2) is 72.4 Å². The monoisotopic (exact) mass is 451 g/mol. The largest absolute Gasteiger partial charge is 0.489 e. The summed E-state index contributed by atoms with van der Waals surface area (Å²) in [5, 5.41) is 0.784. The smallest absolute Gasteiger partial charge is 0.318 e. The Balaban J connectivity index is 1.05. The number of rotatable bonds is 7. The van der Waals surface area contributed by atoms with E-state index in [1.165, 1.54) is 6.07 Å². The van der Waals surface area contributed by atoms with Crippen molar-refractivity contribution in [1.29, 1.82) is 0 Å². The van der Waals surface area contributed by atoms with Crippen LogP contribution < -0.4 is 24.7 Å². The summed E-state index contributed by atoms with van der Waals surface area (Å²) in [4.78, 5) is 27.5. The predicted octanol–water partition coefficient (Wildman–Crippen LogP) is 2.46. The van der Waals surface area contributed by atoms with Crippen molar-refractivity contribution in [2.45, 2.75) is 19.3 Å². The van der Waals surface area contributed by atoms with E-state index in [0.717, 1.165) is 74.6 Å². The van der Waals surface area contributed by atoms with E-state index in [1.807, 2.05) is 12.1 Å². The number of unbranched alkanes of at least 4 members (excludes halogenated alkanes) is 1. The van der Waals surface area contributed by atoms with Crippen LogP contribution in [0, 0.1) is 0 Å². The number of para-hydroxylation sites is 1. The van der Waals surface area contributed by atoms with Gasteiger partial charge in [-0.2, -0.15) is 4.98 Å². The van der Waals surface area contributed by atoms with E-state index in [2.05, 4.69) is 30.8 Å². The molecule has 3 aromatic rings. The minimum absolute atomic E-state index is 0.184. The van der Waals surface area contributed by atoms with E-state index in [0.29, 0.717) is 31.5 Å². The number of anilines is 1. The average Bonchev–Trinajstić information content (AvgIpc) is 3.10. The topological polar surface area (TPSA) is 92.8 Å². The van der Waals surface area contributed by atoms with Crippen molar-refractivity contribution in [3.8, 4) is 17.5 Å². The van der Waals surface area contributed by atoms with Crippen molar-refractivity contribution in [1.82, 2.24) is 19.9 Å². The number of ether oxygens (including phenoxy) is 3. The number of nitrogens with zero attached hydrogens (tertiary/aromatic N) is 4. The molecule has 2 aromatic heterocycles. The van der Waals surface area contributed by atoms with Crippen molar-refractivity contribution in [2.24, 2.45) is 0 Å². The molecule has 0 bridgehead atoms. The second-order valence-electron chi connectivity index (χ2n) is 8.32. The van der Waals surface area contributed by atoms with Gasteiger partial charge in [0.15, 0.2) is 11.5 Å². The summed E-state index contributed by atoms with van der Waals surface area (Å²) in [5.74, 6) is 1.75. The molecule has 33 heavy (non-hydrogen) atoms. The van der Waals surface area contributed by atoms with Gasteiger partial charge >= 0.3 is 6.01 Å². The Morgan fingerprint density at radius 3 is 2.82 bits per heavy atom. The molecular formula is C24H29N5O4. The van der Waals surface area contributed by atoms with Crippen LogP contribution in [0.3, 0.4) is 0 Å². The second kappa shape index (κ2) is 10.1. The number of fused-ring (bicyclic) bond motifs is 2. The number of nitrogens with one attached hydrogen (secondary N) is 1. The zero-order valence-corrected chi connectivity index (χ0v) is 18.7. The second-order valence-corrected chi connectivity index (χ2v) is 8.32. The van der Waals surface area contributed by atoms with Gasteiger partial charge in [-0.25, -0.2) is 4.98 Å². The van der Waals surface area contributed by atoms with Crippen molar-refractivity contribution in [2.75, 3.05) is 57.4 Å². The van der Waals surface area contributed by atoms with Crippen LogP contribution in [0.25, 0.3) is 11.0 Å². The van der Waals surface area contributed by atoms with E-state index in [4.69, 9.17) is 14.2 Å². The fourth-order valence-electron chi connectivity index (χ4n) is 4.23. The molecule has 0 aliphatic carbocycles. The molecule has 2 aliphatic rings. The van der Waals surface area contributed by atoms with Crippen molar-refractivity contribution >= 4 is 16.7 Å². The molecule has 0 spiro atoms. The van der Waals surface area contributed by atoms with Gasteiger partial charge in [-0.3, -0.25) is 9.69 Å². The number of piperazine rings is 1. The van der Waals surface area contributed by atoms with Crippen molar-refractivity contribution in [3.63, 3.8) is 0 Å². The van der Waals surface area contributed by atoms with Gasteiger partial charge in [0.05, 0.1) is 25.5 Å². The molecule has 5 rings (SSSR count). The molecule has 174 valence electrons. The lowest BCUT2D eigenvalue weighted by atomic mass is 10.2. The number of aromatic nitrogens is 3. The fraction of sp³-hybridized carbons (Fsp3) is 0.458. The van der Waals surface area contributed by atoms with Crippen LogP contribution >= 0.6 is 0 Å². The molecule has 4 heterocycles. The first-order valence-corrected chi connectivity index (χ1v) is 11.6. The molecule has 0 saturated carbocycles. The minimum Gasteiger partial charge on any atom is -0.489 e. The van der Waals surface area contributed by atoms with Crippen molar-refractivity contribution in [3.05, 3.63) is 46.9 Å². The van der Waals surface area contributed by atoms with Gasteiger partial charge in [-0.15, -0.1) is 0 Å². The standard InChI is InChI=1S/C24H29N5O4/c30-21-8-7-18-17-25-24(27-23(18)26-21)33-14-2-1-9-28-10-12-29(13-11-28)19-5-3-6-20-22(19)32-16-4-15-31-20/h3,5-8,17H,1-2,4,9-16H2,(H,25,26,27,30). The minimum atomic E-state index is -0.184. The van der Waals surface area contributed by atoms with Crippen LogP contribution in [0.1, 0.15) is 19.3 Å². The lowest BCUT2D eigenvalue weighted by Crippen LogP contribution is -2.46. The third-order valence-electron chi connectivity index (χ3n) is 6.01. The summed E-state index contributed by atoms with van der Waals surface area (Å²) in [7, 11) is 0. The highest BCUT2D eigenvalue weighted by Crippen LogP contribution is 2.39. The first kappa shape index (κ1) is 21.5. The van der Waals surface area contributed by atoms with Crippen LogP contribution in [-0.2, 0) is 0 Å². The summed E-state index contributed by atoms with van der Waals surface area (Å²) in [6.45, 7) is 6.98. The summed E-state index contributed by atoms with van der Waals surface area (Å²) in [5.41, 5.74) is 1.45. The lowest BCUT2D eigenvalue weighted by Gasteiger charge is -2.36. The van der Waals surface area contributed by atoms with Gasteiger partial charge in [0.25, 0.3) is 0 Å². The summed E-state index contributed by atoms with van der Waals surface area (Å²) < 4.78 is 17.5. The summed E-state index contributed by atoms with van der Waals surface area (Å²) >= 11 is 0. The highest BCUT2D eigenvalue weighted by Gasteiger charge is 2.22. The highest BCUT2D eigenvalue weighted by atomic mass is 16.5. The highest BCUT2D eigenvalue weighted by molar-refractivity contribution is 5.73. The first-order chi connectivity index (χ1) is 16.3. The van der Waals surface area contributed by atoms with Crippen LogP contribution in [0.5, 0.6) is 17.5 Å². The van der Waals surface area contributed by atoms with Crippen molar-refractivity contribution < 1.29 is 14.2 Å². The Hall–Kier alpha value is -3.33. The third-order valence-corrected chi connectivity index (χ3v) is 6.01. The number of aromatic amines is 1. The van der Waals surface area contributed by atoms with Gasteiger partial charge in [0.2, 0.25) is 5.56 Å². The summed E-state index contributed by atoms with van der Waals surface area (Å²) in [6, 6.07) is 9.63. The number of H-pyrrole nitrogens is 1. The molecule has 1 fully saturated rings. The molecule has 0 atom stereocenters. The molecule has 1 aromatic carbocycles. The SMILES string of the molecule is O=c1ccc2cnc(OCCCCN3CCN(c4cccc5c4OCCCO5)CC3)nc2[nH]1. The van der Waals surface area contributed by atoms with Crippen LogP contribution in [0.15, 0.2) is 41.3 Å². The number of hydrogen-bond acceptors (Lipinski definition) is 8. The molecule has 9 nitrogen and oxygen atoms in total. The maximum Gasteiger partial charge on any atom is 0.318 e. The van der Waals surface area contributed by atoms with Gasteiger partial charge in [0, 0.05) is 50.2 Å². The lowest BCUT2D eigenvalue weighted by molar-refractivity contribution is 0.233. The Labute approximate surface area is 192 Å². The first-order valence-electron chi connectivity index (χ1n) is 11.6. The van der Waals surface area contributed by atoms with E-state index in [1.54, 1.807) is 12.3 Å². The van der Waals surface area contributed by atoms with Gasteiger partial charge in [-0.05, 0) is 37.6 Å². The Morgan fingerprint density at radius 2 is 1.91 bits per heavy atom. The van der Waals surface area contributed by atoms with Crippen LogP contribution in [0.4, 0.5) is 5.69 Å². The van der Waals surface area contributed by atoms with E-state index < -0.39 is 0 Å². The van der Waals surface area contributed by atoms with E-state index in [-0.39, 0.29) is 5.56 Å². The molecule has 1 saturated heterocycles. The van der Waals surface area contributed by atoms with Gasteiger partial charge < -0.3 is 24.1 Å². The Bertz CT molecular complexity index is 1140. The maximum absolute atomic E-state index is 11.4. The van der Waals surface area contributed by atoms with Crippen LogP contribution in [0.2, 0.25) is 0 Å². The van der Waals surface area contributed by atoms with Gasteiger partial charge in [0.1, 0.15) is 5.65 Å². The Kier molecular flexibility index (Phi) is 6.57. The molecule has 1 N–H and O–H groups in total. The average molecular weight is 452 g/mol. The maximum atomic E-state index is 11.4. The normalized spacial score (nSPS) is 16.5. The molecule has 0 radical (unpaired) electrons. The number of hydrogen-bond donors (Lipinski definition) is 1. The number of pyridine rings is 1. The Morgan fingerprint density at radius 1 is 1.03 bits per heavy atom. The fourth-order valence-corrected chi connectivity index (χ4v) is 4.23. The third kappa shape index (κ3) is 5.19. The zero-order chi connectivity index (χ0) is 22.5. The molecule has 2 aliphatic heterocycles. The quantitative estimate of drug-likeness (QED) is 0.548. The number of benzene rings is 1. The molecule has 0 unspecified atom stereocenters. The summed E-state index contributed by atoms with van der Waals surface area (Å²) in [6.07, 6.45) is 4.54. The predicted molar refractivity (Wildman–Crippen MR) is 126 cm³/mol. The molecule has 0 amide bonds. The van der Waals surface area contributed by atoms with E-state index in [9.17, 15) is 4.79 Å². The molecule has 9 heteroatoms. The zero-order valence-electron chi connectivity index (χ0n) is 18.7. The molecular weight excluding hydrogens is 422 g/mol. The van der Waals surface area contributed by atoms with E-state index >= 15 is 0 Å².